The first kappa shape index (κ1) is 6.14. The van der Waals surface area contributed by atoms with E-state index < -0.39 is 6.69 Å². The summed E-state index contributed by atoms with van der Waals surface area (Å²) in [5, 5.41) is 0. The Labute approximate surface area is 55.8 Å². The molecule has 1 aliphatic heterocycles. The van der Waals surface area contributed by atoms with Gasteiger partial charge in [-0.05, 0) is 11.3 Å². The summed E-state index contributed by atoms with van der Waals surface area (Å²) in [6.45, 7) is 0.822. The quantitative estimate of drug-likeness (QED) is 0.385. The van der Waals surface area contributed by atoms with E-state index in [0.29, 0.717) is 0 Å². The highest BCUT2D eigenvalue weighted by Crippen LogP contribution is 2.37. The Bertz CT molecular complexity index is 75.0. The van der Waals surface area contributed by atoms with Gasteiger partial charge in [0.1, 0.15) is 0 Å². The molecule has 0 radical (unpaired) electrons. The van der Waals surface area contributed by atoms with E-state index in [-0.39, 0.29) is 8.80 Å². The van der Waals surface area contributed by atoms with Gasteiger partial charge in [0.15, 0.2) is 0 Å². The summed E-state index contributed by atoms with van der Waals surface area (Å²) in [5.74, 6) is 0. The van der Waals surface area contributed by atoms with E-state index in [2.05, 4.69) is 6.55 Å². The van der Waals surface area contributed by atoms with Crippen molar-refractivity contribution in [1.29, 1.82) is 0 Å². The number of hydrogen-bond donors (Lipinski definition) is 0. The molecule has 0 atom stereocenters. The van der Waals surface area contributed by atoms with Gasteiger partial charge in [0, 0.05) is 8.80 Å². The monoisotopic (exact) mass is 170 g/mol. The third-order valence-corrected chi connectivity index (χ3v) is 17.2. The van der Waals surface area contributed by atoms with Gasteiger partial charge in [-0.2, -0.15) is 0 Å². The third-order valence-electron chi connectivity index (χ3n) is 1.29. The minimum atomic E-state index is -1.51. The fourth-order valence-corrected chi connectivity index (χ4v) is 18.1. The lowest BCUT2D eigenvalue weighted by Crippen LogP contribution is -2.42. The molecule has 0 spiro atoms. The molecule has 0 amide bonds. The molecule has 0 unspecified atom stereocenters. The van der Waals surface area contributed by atoms with Crippen LogP contribution in [0.5, 0.6) is 0 Å². The third kappa shape index (κ3) is 1.45. The van der Waals surface area contributed by atoms with E-state index >= 15 is 0 Å². The summed E-state index contributed by atoms with van der Waals surface area (Å²) < 4.78 is 0. The van der Waals surface area contributed by atoms with E-state index in [0.717, 1.165) is 0 Å². The lowest BCUT2D eigenvalue weighted by atomic mass is 11.7. The Balaban J connectivity index is 2.29. The molecule has 7 heavy (non-hydrogen) atoms. The van der Waals surface area contributed by atoms with Crippen LogP contribution in [0.3, 0.4) is 0 Å². The van der Waals surface area contributed by atoms with E-state index in [1.54, 1.807) is 0 Å². The second-order valence-electron chi connectivity index (χ2n) is 2.37. The average Bonchev–Trinajstić information content (AvgIpc) is 1.27. The molecular weight excluding hydrogens is 163 g/mol. The molecule has 0 nitrogen and oxygen atoms in total. The van der Waals surface area contributed by atoms with Crippen LogP contribution in [0.15, 0.2) is 0 Å². The van der Waals surface area contributed by atoms with Crippen LogP contribution in [-0.2, 0) is 0 Å². The standard InChI is InChI=1S/C3H8Cl2Si2/c1-6-2-7(4,5)3-6/h6H,2-3H2,1H3. The second-order valence-corrected chi connectivity index (χ2v) is 14.5. The summed E-state index contributed by atoms with van der Waals surface area (Å²) in [6.07, 6.45) is 0. The zero-order valence-corrected chi connectivity index (χ0v) is 7.91. The molecule has 0 bridgehead atoms. The summed E-state index contributed by atoms with van der Waals surface area (Å²) >= 11 is 11.7. The van der Waals surface area contributed by atoms with E-state index in [1.165, 1.54) is 11.3 Å². The van der Waals surface area contributed by atoms with Crippen LogP contribution in [0, 0.1) is 0 Å². The van der Waals surface area contributed by atoms with Gasteiger partial charge in [0.05, 0.1) is 0 Å². The van der Waals surface area contributed by atoms with Crippen LogP contribution in [-0.4, -0.2) is 15.5 Å². The molecule has 0 aromatic rings. The van der Waals surface area contributed by atoms with Crippen LogP contribution in [0.25, 0.3) is 0 Å². The Hall–Kier alpha value is 1.01. The average molecular weight is 171 g/mol. The number of rotatable bonds is 0. The SMILES string of the molecule is C[SiH]1C[Si](Cl)(Cl)C1. The molecule has 0 aromatic heterocycles. The summed E-state index contributed by atoms with van der Waals surface area (Å²) in [6, 6.07) is 0. The van der Waals surface area contributed by atoms with Gasteiger partial charge in [-0.15, -0.1) is 22.2 Å². The molecule has 1 aliphatic rings. The van der Waals surface area contributed by atoms with Crippen molar-refractivity contribution in [2.75, 3.05) is 0 Å². The highest BCUT2D eigenvalue weighted by Gasteiger charge is 2.42. The Kier molecular flexibility index (Phi) is 1.54. The first-order chi connectivity index (χ1) is 3.10. The van der Waals surface area contributed by atoms with Crippen molar-refractivity contribution < 1.29 is 0 Å². The van der Waals surface area contributed by atoms with Gasteiger partial charge in [-0.25, -0.2) is 0 Å². The van der Waals surface area contributed by atoms with Crippen molar-refractivity contribution in [2.45, 2.75) is 17.9 Å². The highest BCUT2D eigenvalue weighted by atomic mass is 35.7. The van der Waals surface area contributed by atoms with Gasteiger partial charge in [0.2, 0.25) is 6.69 Å². The van der Waals surface area contributed by atoms with Crippen molar-refractivity contribution in [1.82, 2.24) is 0 Å². The van der Waals surface area contributed by atoms with E-state index in [9.17, 15) is 0 Å². The Morgan fingerprint density at radius 2 is 1.86 bits per heavy atom. The molecular formula is C3H8Cl2Si2. The molecule has 42 valence electrons. The van der Waals surface area contributed by atoms with Crippen LogP contribution in [0.4, 0.5) is 0 Å². The van der Waals surface area contributed by atoms with E-state index in [4.69, 9.17) is 22.2 Å². The molecule has 0 saturated carbocycles. The van der Waals surface area contributed by atoms with Crippen molar-refractivity contribution in [3.63, 3.8) is 0 Å². The van der Waals surface area contributed by atoms with Crippen molar-refractivity contribution in [2.24, 2.45) is 0 Å². The zero-order valence-electron chi connectivity index (χ0n) is 4.25. The molecule has 0 aliphatic carbocycles. The van der Waals surface area contributed by atoms with Gasteiger partial charge in [-0.1, -0.05) is 6.55 Å². The fourth-order valence-electron chi connectivity index (χ4n) is 0.960. The largest absolute Gasteiger partial charge is 0.245 e. The maximum atomic E-state index is 5.84. The minimum absolute atomic E-state index is 0.296. The van der Waals surface area contributed by atoms with Crippen LogP contribution in [0.1, 0.15) is 0 Å². The first-order valence-corrected chi connectivity index (χ1v) is 9.70. The lowest BCUT2D eigenvalue weighted by molar-refractivity contribution is 1.56. The molecule has 0 aromatic carbocycles. The fraction of sp³-hybridized carbons (Fsp3) is 1.00. The maximum Gasteiger partial charge on any atom is 0.245 e. The predicted molar refractivity (Wildman–Crippen MR) is 40.1 cm³/mol. The molecule has 4 heteroatoms. The van der Waals surface area contributed by atoms with Crippen LogP contribution >= 0.6 is 22.2 Å². The number of halogens is 2. The lowest BCUT2D eigenvalue weighted by Gasteiger charge is -2.31. The Morgan fingerprint density at radius 1 is 1.43 bits per heavy atom. The predicted octanol–water partition coefficient (Wildman–Crippen LogP) is 1.86. The van der Waals surface area contributed by atoms with Crippen LogP contribution < -0.4 is 0 Å². The molecule has 0 N–H and O–H groups in total. The smallest absolute Gasteiger partial charge is 0.146 e. The number of hydrogen-bond acceptors (Lipinski definition) is 0. The molecule has 1 heterocycles. The molecule has 1 fully saturated rings. The maximum absolute atomic E-state index is 5.84. The summed E-state index contributed by atoms with van der Waals surface area (Å²) in [5.41, 5.74) is 2.49. The van der Waals surface area contributed by atoms with Crippen molar-refractivity contribution in [3.8, 4) is 0 Å². The second kappa shape index (κ2) is 1.76. The van der Waals surface area contributed by atoms with E-state index in [1.807, 2.05) is 0 Å². The van der Waals surface area contributed by atoms with Crippen molar-refractivity contribution in [3.05, 3.63) is 0 Å². The first-order valence-electron chi connectivity index (χ1n) is 2.48. The zero-order chi connectivity index (χ0) is 5.49. The van der Waals surface area contributed by atoms with Gasteiger partial charge >= 0.3 is 0 Å². The Morgan fingerprint density at radius 3 is 1.86 bits per heavy atom. The van der Waals surface area contributed by atoms with Crippen LogP contribution in [0.2, 0.25) is 17.9 Å². The molecule has 1 rings (SSSR count). The van der Waals surface area contributed by atoms with Crippen molar-refractivity contribution >= 4 is 37.6 Å². The van der Waals surface area contributed by atoms with Gasteiger partial charge in [0.25, 0.3) is 0 Å². The molecule has 1 saturated heterocycles. The summed E-state index contributed by atoms with van der Waals surface area (Å²) in [4.78, 5) is 0. The summed E-state index contributed by atoms with van der Waals surface area (Å²) in [7, 11) is -0.296. The highest BCUT2D eigenvalue weighted by molar-refractivity contribution is 7.52. The minimum Gasteiger partial charge on any atom is -0.146 e. The van der Waals surface area contributed by atoms with Gasteiger partial charge < -0.3 is 0 Å². The van der Waals surface area contributed by atoms with Gasteiger partial charge in [-0.3, -0.25) is 0 Å². The normalized spacial score (nSPS) is 29.6. The topological polar surface area (TPSA) is 0 Å².